The van der Waals surface area contributed by atoms with Crippen LogP contribution in [-0.4, -0.2) is 46.9 Å². The minimum atomic E-state index is -1.14. The maximum absolute atomic E-state index is 12.5. The predicted octanol–water partition coefficient (Wildman–Crippen LogP) is 1.52. The summed E-state index contributed by atoms with van der Waals surface area (Å²) in [6.07, 6.45) is -0.429. The van der Waals surface area contributed by atoms with Gasteiger partial charge in [-0.15, -0.1) is 0 Å². The topological polar surface area (TPSA) is 86.7 Å². The number of halogens is 2. The molecule has 1 heterocycles. The minimum Gasteiger partial charge on any atom is -0.481 e. The number of benzene rings is 1. The molecule has 6 nitrogen and oxygen atoms in total. The van der Waals surface area contributed by atoms with Crippen molar-refractivity contribution in [1.29, 1.82) is 0 Å². The molecule has 0 aromatic heterocycles. The van der Waals surface area contributed by atoms with Crippen LogP contribution in [0.25, 0.3) is 0 Å². The molecule has 2 rings (SSSR count). The lowest BCUT2D eigenvalue weighted by atomic mass is 10.1. The molecule has 1 fully saturated rings. The zero-order valence-corrected chi connectivity index (χ0v) is 13.1. The van der Waals surface area contributed by atoms with E-state index in [1.54, 1.807) is 12.1 Å². The number of hydrogen-bond acceptors (Lipinski definition) is 3. The smallest absolute Gasteiger partial charge is 0.305 e. The zero-order valence-electron chi connectivity index (χ0n) is 10.8. The van der Waals surface area contributed by atoms with E-state index >= 15 is 0 Å². The van der Waals surface area contributed by atoms with Gasteiger partial charge in [-0.2, -0.15) is 0 Å². The molecule has 112 valence electrons. The average Bonchev–Trinajstić information content (AvgIpc) is 2.43. The number of nitrogens with one attached hydrogen (secondary N) is 1. The van der Waals surface area contributed by atoms with Crippen molar-refractivity contribution in [3.05, 3.63) is 33.3 Å². The minimum absolute atomic E-state index is 0.260. The van der Waals surface area contributed by atoms with Gasteiger partial charge in [0.05, 0.1) is 11.4 Å². The van der Waals surface area contributed by atoms with Gasteiger partial charge in [0.15, 0.2) is 0 Å². The molecule has 0 spiro atoms. The highest BCUT2D eigenvalue weighted by Gasteiger charge is 2.35. The third kappa shape index (κ3) is 3.54. The van der Waals surface area contributed by atoms with Crippen LogP contribution in [-0.2, 0) is 9.59 Å². The molecule has 1 atom stereocenters. The first-order chi connectivity index (χ1) is 9.90. The van der Waals surface area contributed by atoms with Crippen molar-refractivity contribution >= 4 is 45.3 Å². The third-order valence-electron chi connectivity index (χ3n) is 3.13. The van der Waals surface area contributed by atoms with Gasteiger partial charge in [-0.3, -0.25) is 14.4 Å². The number of hydrogen-bond donors (Lipinski definition) is 2. The molecule has 21 heavy (non-hydrogen) atoms. The van der Waals surface area contributed by atoms with Crippen molar-refractivity contribution in [3.63, 3.8) is 0 Å². The second-order valence-electron chi connectivity index (χ2n) is 4.53. The summed E-state index contributed by atoms with van der Waals surface area (Å²) in [4.78, 5) is 36.4. The SMILES string of the molecule is O=C(O)CC1C(=O)NCCN1C(=O)c1ccc(Br)c(Cl)c1. The average molecular weight is 376 g/mol. The van der Waals surface area contributed by atoms with E-state index in [-0.39, 0.29) is 6.54 Å². The fourth-order valence-corrected chi connectivity index (χ4v) is 2.55. The summed E-state index contributed by atoms with van der Waals surface area (Å²) >= 11 is 9.19. The number of carboxylic acid groups (broad SMARTS) is 1. The van der Waals surface area contributed by atoms with Crippen LogP contribution in [0.1, 0.15) is 16.8 Å². The van der Waals surface area contributed by atoms with Gasteiger partial charge in [0.1, 0.15) is 6.04 Å². The fraction of sp³-hybridized carbons (Fsp3) is 0.308. The van der Waals surface area contributed by atoms with Crippen LogP contribution >= 0.6 is 27.5 Å². The van der Waals surface area contributed by atoms with Crippen molar-refractivity contribution in [3.8, 4) is 0 Å². The second kappa shape index (κ2) is 6.44. The normalized spacial score (nSPS) is 18.3. The Morgan fingerprint density at radius 1 is 1.48 bits per heavy atom. The van der Waals surface area contributed by atoms with Gasteiger partial charge in [-0.05, 0) is 34.1 Å². The lowest BCUT2D eigenvalue weighted by molar-refractivity contribution is -0.142. The number of piperazine rings is 1. The van der Waals surface area contributed by atoms with E-state index in [0.29, 0.717) is 21.6 Å². The van der Waals surface area contributed by atoms with Crippen LogP contribution in [0.15, 0.2) is 22.7 Å². The van der Waals surface area contributed by atoms with Crippen molar-refractivity contribution in [2.45, 2.75) is 12.5 Å². The first-order valence-electron chi connectivity index (χ1n) is 6.15. The number of amides is 2. The molecule has 2 amide bonds. The largest absolute Gasteiger partial charge is 0.481 e. The number of aliphatic carboxylic acids is 1. The van der Waals surface area contributed by atoms with Gasteiger partial charge in [0, 0.05) is 23.1 Å². The molecule has 1 aliphatic heterocycles. The van der Waals surface area contributed by atoms with E-state index in [0.717, 1.165) is 0 Å². The Labute approximate surface area is 134 Å². The van der Waals surface area contributed by atoms with Crippen molar-refractivity contribution in [2.24, 2.45) is 0 Å². The van der Waals surface area contributed by atoms with Crippen LogP contribution in [0.3, 0.4) is 0 Å². The lowest BCUT2D eigenvalue weighted by Crippen LogP contribution is -2.57. The molecule has 2 N–H and O–H groups in total. The first-order valence-corrected chi connectivity index (χ1v) is 7.33. The predicted molar refractivity (Wildman–Crippen MR) is 79.2 cm³/mol. The first kappa shape index (κ1) is 15.8. The Kier molecular flexibility index (Phi) is 4.84. The number of carbonyl (C=O) groups is 3. The molecule has 1 saturated heterocycles. The molecule has 1 aromatic rings. The van der Waals surface area contributed by atoms with Gasteiger partial charge >= 0.3 is 5.97 Å². The van der Waals surface area contributed by atoms with Gasteiger partial charge in [-0.1, -0.05) is 11.6 Å². The van der Waals surface area contributed by atoms with E-state index in [1.807, 2.05) is 0 Å². The van der Waals surface area contributed by atoms with Gasteiger partial charge < -0.3 is 15.3 Å². The summed E-state index contributed by atoms with van der Waals surface area (Å²) in [5.74, 6) is -2.01. The van der Waals surface area contributed by atoms with Gasteiger partial charge in [-0.25, -0.2) is 0 Å². The van der Waals surface area contributed by atoms with Crippen molar-refractivity contribution in [1.82, 2.24) is 10.2 Å². The molecule has 8 heteroatoms. The Morgan fingerprint density at radius 2 is 2.19 bits per heavy atom. The molecule has 1 aliphatic rings. The summed E-state index contributed by atoms with van der Waals surface area (Å²) in [7, 11) is 0. The van der Waals surface area contributed by atoms with E-state index in [4.69, 9.17) is 16.7 Å². The van der Waals surface area contributed by atoms with Crippen molar-refractivity contribution < 1.29 is 19.5 Å². The summed E-state index contributed by atoms with van der Waals surface area (Å²) < 4.78 is 0.652. The summed E-state index contributed by atoms with van der Waals surface area (Å²) in [6, 6.07) is 3.68. The summed E-state index contributed by atoms with van der Waals surface area (Å²) in [6.45, 7) is 0.557. The lowest BCUT2D eigenvalue weighted by Gasteiger charge is -2.34. The number of nitrogens with zero attached hydrogens (tertiary/aromatic N) is 1. The Bertz CT molecular complexity index is 608. The fourth-order valence-electron chi connectivity index (χ4n) is 2.12. The number of carbonyl (C=O) groups excluding carboxylic acids is 2. The Hall–Kier alpha value is -1.60. The molecule has 0 aliphatic carbocycles. The van der Waals surface area contributed by atoms with Gasteiger partial charge in [0.2, 0.25) is 5.91 Å². The van der Waals surface area contributed by atoms with E-state index in [9.17, 15) is 14.4 Å². The zero-order chi connectivity index (χ0) is 15.6. The molecule has 0 radical (unpaired) electrons. The Balaban J connectivity index is 2.27. The maximum atomic E-state index is 12.5. The van der Waals surface area contributed by atoms with E-state index in [1.165, 1.54) is 11.0 Å². The highest BCUT2D eigenvalue weighted by Crippen LogP contribution is 2.24. The maximum Gasteiger partial charge on any atom is 0.305 e. The van der Waals surface area contributed by atoms with Crippen molar-refractivity contribution in [2.75, 3.05) is 13.1 Å². The monoisotopic (exact) mass is 374 g/mol. The standard InChI is InChI=1S/C13H12BrClN2O4/c14-8-2-1-7(5-9(8)15)13(21)17-4-3-16-12(20)10(17)6-11(18)19/h1-2,5,10H,3-4,6H2,(H,16,20)(H,18,19). The van der Waals surface area contributed by atoms with Gasteiger partial charge in [0.25, 0.3) is 5.91 Å². The summed E-state index contributed by atoms with van der Waals surface area (Å²) in [5, 5.41) is 11.8. The van der Waals surface area contributed by atoms with Crippen LogP contribution in [0.5, 0.6) is 0 Å². The highest BCUT2D eigenvalue weighted by atomic mass is 79.9. The van der Waals surface area contributed by atoms with E-state index in [2.05, 4.69) is 21.2 Å². The Morgan fingerprint density at radius 3 is 2.81 bits per heavy atom. The molecular weight excluding hydrogens is 364 g/mol. The third-order valence-corrected chi connectivity index (χ3v) is 4.36. The second-order valence-corrected chi connectivity index (χ2v) is 5.79. The van der Waals surface area contributed by atoms with Crippen LogP contribution in [0.4, 0.5) is 0 Å². The molecule has 1 aromatic carbocycles. The highest BCUT2D eigenvalue weighted by molar-refractivity contribution is 9.10. The van der Waals surface area contributed by atoms with Crippen LogP contribution in [0.2, 0.25) is 5.02 Å². The van der Waals surface area contributed by atoms with Crippen LogP contribution in [0, 0.1) is 0 Å². The van der Waals surface area contributed by atoms with E-state index < -0.39 is 30.2 Å². The molecule has 0 saturated carbocycles. The number of rotatable bonds is 3. The molecule has 1 unspecified atom stereocenters. The molecular formula is C13H12BrClN2O4. The quantitative estimate of drug-likeness (QED) is 0.838. The molecule has 0 bridgehead atoms. The number of carboxylic acids is 1. The summed E-state index contributed by atoms with van der Waals surface area (Å²) in [5.41, 5.74) is 0.313. The van der Waals surface area contributed by atoms with Crippen LogP contribution < -0.4 is 5.32 Å².